The second-order valence-electron chi connectivity index (χ2n) is 1.80. The molecule has 0 fully saturated rings. The standard InChI is InChI=1S/C5H12.3C2H6.2C2H4/c1-4-5(2)3;5*1-2/h5H,4H2,1-3H3;3*1-2H3;2*1-2H2. The molecule has 0 rings (SSSR count). The maximum Gasteiger partial charge on any atom is -0.0474 e. The first kappa shape index (κ1) is 36.6. The minimum absolute atomic E-state index is 0.884. The Hall–Kier alpha value is -0.520. The predicted octanol–water partition coefficient (Wildman–Crippen LogP) is 6.74. The van der Waals surface area contributed by atoms with Gasteiger partial charge in [0, 0.05) is 0 Å². The Balaban J connectivity index is -0.0000000177. The summed E-state index contributed by atoms with van der Waals surface area (Å²) in [4.78, 5) is 0. The van der Waals surface area contributed by atoms with Crippen LogP contribution in [0.5, 0.6) is 0 Å². The first-order chi connectivity index (χ1) is 7.27. The molecule has 0 aliphatic rings. The summed E-state index contributed by atoms with van der Waals surface area (Å²) in [6, 6.07) is 0. The number of hydrogen-bond acceptors (Lipinski definition) is 0. The van der Waals surface area contributed by atoms with Crippen molar-refractivity contribution in [3.63, 3.8) is 0 Å². The van der Waals surface area contributed by atoms with Gasteiger partial charge in [-0.2, -0.15) is 0 Å². The van der Waals surface area contributed by atoms with Crippen molar-refractivity contribution in [3.8, 4) is 0 Å². The van der Waals surface area contributed by atoms with Gasteiger partial charge >= 0.3 is 0 Å². The van der Waals surface area contributed by atoms with E-state index in [1.807, 2.05) is 41.5 Å². The second kappa shape index (κ2) is 173. The summed E-state index contributed by atoms with van der Waals surface area (Å²) in [5.74, 6) is 0.884. The fourth-order valence-electron chi connectivity index (χ4n) is 0. The minimum Gasteiger partial charge on any atom is -0.106 e. The second-order valence-corrected chi connectivity index (χ2v) is 1.80. The number of rotatable bonds is 1. The molecule has 0 aliphatic heterocycles. The summed E-state index contributed by atoms with van der Waals surface area (Å²) < 4.78 is 0. The SMILES string of the molecule is C=C.C=C.CC.CC.CC.CCC(C)C. The summed E-state index contributed by atoms with van der Waals surface area (Å²) in [5, 5.41) is 0. The molecule has 0 heterocycles. The molecule has 0 N–H and O–H groups in total. The Bertz CT molecular complexity index is 27.0. The van der Waals surface area contributed by atoms with Crippen LogP contribution in [0.25, 0.3) is 0 Å². The van der Waals surface area contributed by atoms with Crippen molar-refractivity contribution in [2.45, 2.75) is 68.7 Å². The molecular formula is C15H38. The van der Waals surface area contributed by atoms with Gasteiger partial charge in [-0.25, -0.2) is 0 Å². The molecule has 0 aromatic heterocycles. The molecular weight excluding hydrogens is 180 g/mol. The van der Waals surface area contributed by atoms with Crippen LogP contribution in [0.3, 0.4) is 0 Å². The van der Waals surface area contributed by atoms with E-state index in [0.717, 1.165) is 5.92 Å². The van der Waals surface area contributed by atoms with Gasteiger partial charge in [0.1, 0.15) is 0 Å². The molecule has 0 aromatic carbocycles. The van der Waals surface area contributed by atoms with E-state index in [0.29, 0.717) is 0 Å². The van der Waals surface area contributed by atoms with Crippen molar-refractivity contribution in [2.24, 2.45) is 5.92 Å². The lowest BCUT2D eigenvalue weighted by Crippen LogP contribution is -1.77. The van der Waals surface area contributed by atoms with E-state index in [1.54, 1.807) is 0 Å². The van der Waals surface area contributed by atoms with Gasteiger partial charge in [-0.15, -0.1) is 26.3 Å². The molecule has 0 amide bonds. The van der Waals surface area contributed by atoms with Crippen molar-refractivity contribution in [1.82, 2.24) is 0 Å². The van der Waals surface area contributed by atoms with Crippen LogP contribution in [0.15, 0.2) is 26.3 Å². The van der Waals surface area contributed by atoms with Gasteiger partial charge in [0.15, 0.2) is 0 Å². The van der Waals surface area contributed by atoms with E-state index in [9.17, 15) is 0 Å². The van der Waals surface area contributed by atoms with Gasteiger partial charge < -0.3 is 0 Å². The quantitative estimate of drug-likeness (QED) is 0.428. The van der Waals surface area contributed by atoms with Gasteiger partial charge in [-0.05, 0) is 5.92 Å². The zero-order valence-electron chi connectivity index (χ0n) is 13.1. The Morgan fingerprint density at radius 1 is 0.667 bits per heavy atom. The predicted molar refractivity (Wildman–Crippen MR) is 81.7 cm³/mol. The van der Waals surface area contributed by atoms with E-state index < -0.39 is 0 Å². The Morgan fingerprint density at radius 2 is 0.733 bits per heavy atom. The topological polar surface area (TPSA) is 0 Å². The molecule has 0 saturated carbocycles. The molecule has 0 aliphatic carbocycles. The monoisotopic (exact) mass is 218 g/mol. The van der Waals surface area contributed by atoms with Crippen LogP contribution in [0, 0.1) is 5.92 Å². The maximum absolute atomic E-state index is 3.00. The van der Waals surface area contributed by atoms with Gasteiger partial charge in [0.2, 0.25) is 0 Å². The van der Waals surface area contributed by atoms with Crippen molar-refractivity contribution >= 4 is 0 Å². The Morgan fingerprint density at radius 3 is 0.733 bits per heavy atom. The van der Waals surface area contributed by atoms with Crippen LogP contribution in [0.1, 0.15) is 68.7 Å². The number of hydrogen-bond donors (Lipinski definition) is 0. The van der Waals surface area contributed by atoms with E-state index in [-0.39, 0.29) is 0 Å². The maximum atomic E-state index is 3.00. The van der Waals surface area contributed by atoms with Crippen LogP contribution in [0.2, 0.25) is 0 Å². The van der Waals surface area contributed by atoms with E-state index in [2.05, 4.69) is 47.1 Å². The third-order valence-electron chi connectivity index (χ3n) is 0.816. The van der Waals surface area contributed by atoms with Gasteiger partial charge in [-0.1, -0.05) is 68.7 Å². The highest BCUT2D eigenvalue weighted by molar-refractivity contribution is 4.32. The zero-order chi connectivity index (χ0) is 14.3. The van der Waals surface area contributed by atoms with Gasteiger partial charge in [0.05, 0.1) is 0 Å². The summed E-state index contributed by atoms with van der Waals surface area (Å²) in [5.41, 5.74) is 0. The lowest BCUT2D eigenvalue weighted by atomic mass is 10.2. The Kier molecular flexibility index (Phi) is 423. The highest BCUT2D eigenvalue weighted by Gasteiger charge is 1.80. The van der Waals surface area contributed by atoms with Crippen molar-refractivity contribution < 1.29 is 0 Å². The Labute approximate surface area is 101 Å². The fraction of sp³-hybridized carbons (Fsp3) is 0.733. The lowest BCUT2D eigenvalue weighted by molar-refractivity contribution is 0.626. The highest BCUT2D eigenvalue weighted by Crippen LogP contribution is 1.93. The zero-order valence-corrected chi connectivity index (χ0v) is 13.1. The average molecular weight is 218 g/mol. The lowest BCUT2D eigenvalue weighted by Gasteiger charge is -1.90. The molecule has 0 bridgehead atoms. The average Bonchev–Trinajstić information content (AvgIpc) is 2.41. The van der Waals surface area contributed by atoms with Crippen LogP contribution in [0.4, 0.5) is 0 Å². The summed E-state index contributed by atoms with van der Waals surface area (Å²) >= 11 is 0. The van der Waals surface area contributed by atoms with Crippen molar-refractivity contribution in [3.05, 3.63) is 26.3 Å². The first-order valence-electron chi connectivity index (χ1n) is 6.27. The summed E-state index contributed by atoms with van der Waals surface area (Å²) in [6.07, 6.45) is 1.31. The van der Waals surface area contributed by atoms with Crippen LogP contribution in [-0.2, 0) is 0 Å². The molecule has 0 aromatic rings. The molecule has 15 heavy (non-hydrogen) atoms. The van der Waals surface area contributed by atoms with Crippen molar-refractivity contribution in [1.29, 1.82) is 0 Å². The summed E-state index contributed by atoms with van der Waals surface area (Å²) in [6.45, 7) is 30.6. The van der Waals surface area contributed by atoms with Crippen LogP contribution in [-0.4, -0.2) is 0 Å². The van der Waals surface area contributed by atoms with Gasteiger partial charge in [0.25, 0.3) is 0 Å². The van der Waals surface area contributed by atoms with Crippen LogP contribution < -0.4 is 0 Å². The van der Waals surface area contributed by atoms with E-state index >= 15 is 0 Å². The van der Waals surface area contributed by atoms with Crippen LogP contribution >= 0.6 is 0 Å². The molecule has 0 unspecified atom stereocenters. The smallest absolute Gasteiger partial charge is 0.0474 e. The van der Waals surface area contributed by atoms with Gasteiger partial charge in [-0.3, -0.25) is 0 Å². The third kappa shape index (κ3) is 811. The molecule has 0 nitrogen and oxygen atoms in total. The highest BCUT2D eigenvalue weighted by atomic mass is 13.9. The largest absolute Gasteiger partial charge is 0.106 e. The summed E-state index contributed by atoms with van der Waals surface area (Å²) in [7, 11) is 0. The molecule has 98 valence electrons. The van der Waals surface area contributed by atoms with Crippen molar-refractivity contribution in [2.75, 3.05) is 0 Å². The molecule has 0 spiro atoms. The normalized spacial score (nSPS) is 4.93. The fourth-order valence-corrected chi connectivity index (χ4v) is 0. The first-order valence-corrected chi connectivity index (χ1v) is 6.27. The third-order valence-corrected chi connectivity index (χ3v) is 0.816. The molecule has 0 heteroatoms. The molecule has 0 radical (unpaired) electrons. The minimum atomic E-state index is 0.884. The molecule has 0 atom stereocenters. The van der Waals surface area contributed by atoms with E-state index in [1.165, 1.54) is 6.42 Å². The van der Waals surface area contributed by atoms with E-state index in [4.69, 9.17) is 0 Å². The molecule has 0 saturated heterocycles.